The van der Waals surface area contributed by atoms with Crippen LogP contribution in [0.2, 0.25) is 0 Å². The van der Waals surface area contributed by atoms with E-state index >= 15 is 0 Å². The second-order valence-electron chi connectivity index (χ2n) is 5.51. The fourth-order valence-corrected chi connectivity index (χ4v) is 2.80. The van der Waals surface area contributed by atoms with Crippen molar-refractivity contribution in [2.24, 2.45) is 17.6 Å². The minimum Gasteiger partial charge on any atom is -0.329 e. The van der Waals surface area contributed by atoms with Crippen molar-refractivity contribution < 1.29 is 4.39 Å². The molecule has 3 atom stereocenters. The van der Waals surface area contributed by atoms with Gasteiger partial charge in [0.25, 0.3) is 0 Å². The van der Waals surface area contributed by atoms with Gasteiger partial charge < -0.3 is 5.73 Å². The Balaban J connectivity index is 2.17. The smallest absolute Gasteiger partial charge is 0.128 e. The second-order valence-corrected chi connectivity index (χ2v) is 5.51. The van der Waals surface area contributed by atoms with Gasteiger partial charge in [0.2, 0.25) is 0 Å². The predicted molar refractivity (Wildman–Crippen MR) is 72.7 cm³/mol. The summed E-state index contributed by atoms with van der Waals surface area (Å²) in [6.07, 6.45) is 1.17. The van der Waals surface area contributed by atoms with E-state index in [4.69, 9.17) is 5.73 Å². The van der Waals surface area contributed by atoms with Gasteiger partial charge in [0.15, 0.2) is 0 Å². The minimum absolute atomic E-state index is 0.0150. The van der Waals surface area contributed by atoms with Crippen LogP contribution in [0.3, 0.4) is 0 Å². The first-order valence-corrected chi connectivity index (χ1v) is 6.82. The zero-order chi connectivity index (χ0) is 13.1. The third-order valence-corrected chi connectivity index (χ3v) is 4.29. The Bertz CT molecular complexity index is 394. The summed E-state index contributed by atoms with van der Waals surface area (Å²) >= 11 is 0. The Labute approximate surface area is 109 Å². The number of halogens is 1. The molecule has 2 nitrogen and oxygen atoms in total. The molecule has 1 aliphatic rings. The highest BCUT2D eigenvalue weighted by atomic mass is 19.1. The maximum atomic E-state index is 13.9. The summed E-state index contributed by atoms with van der Waals surface area (Å²) in [6.45, 7) is 7.06. The quantitative estimate of drug-likeness (QED) is 0.894. The highest BCUT2D eigenvalue weighted by molar-refractivity contribution is 5.21. The summed E-state index contributed by atoms with van der Waals surface area (Å²) in [5.41, 5.74) is 6.61. The summed E-state index contributed by atoms with van der Waals surface area (Å²) in [7, 11) is 0. The highest BCUT2D eigenvalue weighted by Gasteiger charge is 2.28. The van der Waals surface area contributed by atoms with E-state index in [1.165, 1.54) is 12.5 Å². The molecule has 1 aromatic carbocycles. The molecule has 0 amide bonds. The lowest BCUT2D eigenvalue weighted by molar-refractivity contribution is 0.0967. The van der Waals surface area contributed by atoms with E-state index in [9.17, 15) is 4.39 Å². The molecule has 0 spiro atoms. The first-order valence-electron chi connectivity index (χ1n) is 6.82. The van der Waals surface area contributed by atoms with E-state index in [0.29, 0.717) is 12.5 Å². The molecule has 0 radical (unpaired) electrons. The predicted octanol–water partition coefficient (Wildman–Crippen LogP) is 2.80. The van der Waals surface area contributed by atoms with Crippen LogP contribution in [0.5, 0.6) is 0 Å². The van der Waals surface area contributed by atoms with Gasteiger partial charge in [-0.25, -0.2) is 4.39 Å². The van der Waals surface area contributed by atoms with E-state index in [2.05, 4.69) is 18.7 Å². The van der Waals surface area contributed by atoms with Gasteiger partial charge in [-0.15, -0.1) is 0 Å². The summed E-state index contributed by atoms with van der Waals surface area (Å²) < 4.78 is 13.9. The van der Waals surface area contributed by atoms with Gasteiger partial charge in [-0.1, -0.05) is 32.0 Å². The summed E-state index contributed by atoms with van der Waals surface area (Å²) in [5.74, 6) is 1.26. The first kappa shape index (κ1) is 13.5. The van der Waals surface area contributed by atoms with Crippen LogP contribution in [0.4, 0.5) is 4.39 Å². The van der Waals surface area contributed by atoms with Gasteiger partial charge >= 0.3 is 0 Å². The minimum atomic E-state index is -0.140. The summed E-state index contributed by atoms with van der Waals surface area (Å²) in [5, 5.41) is 0. The van der Waals surface area contributed by atoms with Gasteiger partial charge in [0.05, 0.1) is 0 Å². The van der Waals surface area contributed by atoms with Crippen LogP contribution >= 0.6 is 0 Å². The van der Waals surface area contributed by atoms with Gasteiger partial charge in [-0.3, -0.25) is 4.90 Å². The lowest BCUT2D eigenvalue weighted by Gasteiger charge is -2.40. The molecule has 3 unspecified atom stereocenters. The van der Waals surface area contributed by atoms with Crippen LogP contribution < -0.4 is 5.73 Å². The topological polar surface area (TPSA) is 29.3 Å². The van der Waals surface area contributed by atoms with Crippen molar-refractivity contribution in [1.82, 2.24) is 4.90 Å². The van der Waals surface area contributed by atoms with Gasteiger partial charge in [0, 0.05) is 24.7 Å². The Morgan fingerprint density at radius 2 is 2.06 bits per heavy atom. The Hall–Kier alpha value is -0.930. The number of nitrogens with two attached hydrogens (primary N) is 1. The van der Waals surface area contributed by atoms with Gasteiger partial charge in [-0.05, 0) is 30.9 Å². The number of rotatable bonds is 3. The van der Waals surface area contributed by atoms with Crippen LogP contribution in [0.1, 0.15) is 31.9 Å². The number of benzene rings is 1. The highest BCUT2D eigenvalue weighted by Crippen LogP contribution is 2.30. The lowest BCUT2D eigenvalue weighted by atomic mass is 9.87. The molecule has 1 fully saturated rings. The van der Waals surface area contributed by atoms with Gasteiger partial charge in [0.1, 0.15) is 5.82 Å². The number of piperidine rings is 1. The SMILES string of the molecule is CC1CCN(C(CN)c2ccccc2F)CC1C. The monoisotopic (exact) mass is 250 g/mol. The number of hydrogen-bond donors (Lipinski definition) is 1. The van der Waals surface area contributed by atoms with E-state index in [1.807, 2.05) is 12.1 Å². The Morgan fingerprint density at radius 3 is 2.67 bits per heavy atom. The average Bonchev–Trinajstić information content (AvgIpc) is 2.37. The Morgan fingerprint density at radius 1 is 1.33 bits per heavy atom. The largest absolute Gasteiger partial charge is 0.329 e. The molecule has 2 rings (SSSR count). The molecule has 0 aromatic heterocycles. The molecule has 0 aliphatic carbocycles. The van der Waals surface area contributed by atoms with Crippen molar-refractivity contribution in [2.45, 2.75) is 26.3 Å². The maximum absolute atomic E-state index is 13.9. The zero-order valence-electron chi connectivity index (χ0n) is 11.3. The number of likely N-dealkylation sites (tertiary alicyclic amines) is 1. The third-order valence-electron chi connectivity index (χ3n) is 4.29. The zero-order valence-corrected chi connectivity index (χ0v) is 11.3. The summed E-state index contributed by atoms with van der Waals surface area (Å²) in [4.78, 5) is 2.34. The van der Waals surface area contributed by atoms with Crippen molar-refractivity contribution >= 4 is 0 Å². The summed E-state index contributed by atoms with van der Waals surface area (Å²) in [6, 6.07) is 7.01. The van der Waals surface area contributed by atoms with Crippen molar-refractivity contribution in [1.29, 1.82) is 0 Å². The third kappa shape index (κ3) is 2.73. The van der Waals surface area contributed by atoms with E-state index in [1.54, 1.807) is 6.07 Å². The lowest BCUT2D eigenvalue weighted by Crippen LogP contribution is -2.43. The van der Waals surface area contributed by atoms with Crippen molar-refractivity contribution in [3.8, 4) is 0 Å². The molecule has 2 N–H and O–H groups in total. The average molecular weight is 250 g/mol. The van der Waals surface area contributed by atoms with Crippen molar-refractivity contribution in [2.75, 3.05) is 19.6 Å². The van der Waals surface area contributed by atoms with E-state index in [0.717, 1.165) is 24.6 Å². The Kier molecular flexibility index (Phi) is 4.36. The molecule has 1 aromatic rings. The molecular weight excluding hydrogens is 227 g/mol. The molecule has 1 aliphatic heterocycles. The van der Waals surface area contributed by atoms with Crippen LogP contribution in [0.15, 0.2) is 24.3 Å². The molecule has 0 saturated carbocycles. The second kappa shape index (κ2) is 5.81. The molecule has 3 heteroatoms. The van der Waals surface area contributed by atoms with Crippen LogP contribution in [0.25, 0.3) is 0 Å². The first-order chi connectivity index (χ1) is 8.63. The van der Waals surface area contributed by atoms with E-state index < -0.39 is 0 Å². The normalized spacial score (nSPS) is 27.1. The van der Waals surface area contributed by atoms with Crippen molar-refractivity contribution in [3.05, 3.63) is 35.6 Å². The van der Waals surface area contributed by atoms with Crippen molar-refractivity contribution in [3.63, 3.8) is 0 Å². The standard InChI is InChI=1S/C15H23FN2/c1-11-7-8-18(10-12(11)2)15(9-17)13-5-3-4-6-14(13)16/h3-6,11-12,15H,7-10,17H2,1-2H3. The van der Waals surface area contributed by atoms with Crippen LogP contribution in [-0.2, 0) is 0 Å². The fourth-order valence-electron chi connectivity index (χ4n) is 2.80. The molecule has 18 heavy (non-hydrogen) atoms. The molecule has 0 bridgehead atoms. The van der Waals surface area contributed by atoms with Gasteiger partial charge in [-0.2, -0.15) is 0 Å². The van der Waals surface area contributed by atoms with E-state index in [-0.39, 0.29) is 11.9 Å². The van der Waals surface area contributed by atoms with Crippen LogP contribution in [-0.4, -0.2) is 24.5 Å². The number of hydrogen-bond acceptors (Lipinski definition) is 2. The van der Waals surface area contributed by atoms with Crippen LogP contribution in [0, 0.1) is 17.7 Å². The molecule has 1 saturated heterocycles. The number of nitrogens with zero attached hydrogens (tertiary/aromatic N) is 1. The molecule has 100 valence electrons. The molecule has 1 heterocycles. The molecular formula is C15H23FN2. The maximum Gasteiger partial charge on any atom is 0.128 e. The fraction of sp³-hybridized carbons (Fsp3) is 0.600.